The van der Waals surface area contributed by atoms with Crippen LogP contribution in [0.2, 0.25) is 0 Å². The van der Waals surface area contributed by atoms with Gasteiger partial charge in [-0.05, 0) is 50.2 Å². The number of nitrogens with one attached hydrogen (secondary N) is 1. The van der Waals surface area contributed by atoms with Gasteiger partial charge in [0.05, 0.1) is 23.4 Å². The lowest BCUT2D eigenvalue weighted by molar-refractivity contribution is 0.340. The summed E-state index contributed by atoms with van der Waals surface area (Å²) in [6, 6.07) is 9.70. The number of aryl methyl sites for hydroxylation is 1. The Balaban J connectivity index is 2.19. The minimum atomic E-state index is -3.60. The van der Waals surface area contributed by atoms with Gasteiger partial charge in [-0.2, -0.15) is 0 Å². The number of pyridine rings is 1. The Morgan fingerprint density at radius 2 is 1.85 bits per heavy atom. The minimum absolute atomic E-state index is 0.182. The molecule has 6 heteroatoms. The van der Waals surface area contributed by atoms with Gasteiger partial charge < -0.3 is 4.74 Å². The van der Waals surface area contributed by atoms with Crippen LogP contribution in [0.5, 0.6) is 5.75 Å². The molecule has 1 aromatic carbocycles. The van der Waals surface area contributed by atoms with Crippen LogP contribution in [-0.4, -0.2) is 20.0 Å². The monoisotopic (exact) mass is 292 g/mol. The van der Waals surface area contributed by atoms with E-state index in [1.165, 1.54) is 18.3 Å². The third-order valence-corrected chi connectivity index (χ3v) is 4.01. The van der Waals surface area contributed by atoms with Gasteiger partial charge in [0, 0.05) is 5.69 Å². The molecule has 0 amide bonds. The number of hydrogen-bond donors (Lipinski definition) is 1. The number of benzene rings is 1. The van der Waals surface area contributed by atoms with Crippen LogP contribution in [0.3, 0.4) is 0 Å². The highest BCUT2D eigenvalue weighted by Gasteiger charge is 2.14. The van der Waals surface area contributed by atoms with E-state index < -0.39 is 10.0 Å². The molecule has 0 aliphatic carbocycles. The van der Waals surface area contributed by atoms with Crippen LogP contribution in [-0.2, 0) is 10.0 Å². The van der Waals surface area contributed by atoms with Crippen LogP contribution in [0.25, 0.3) is 0 Å². The molecular weight excluding hydrogens is 276 g/mol. The van der Waals surface area contributed by atoms with E-state index in [-0.39, 0.29) is 4.90 Å². The van der Waals surface area contributed by atoms with Gasteiger partial charge in [0.15, 0.2) is 0 Å². The molecule has 106 valence electrons. The highest BCUT2D eigenvalue weighted by molar-refractivity contribution is 7.92. The van der Waals surface area contributed by atoms with Crippen LogP contribution in [0.15, 0.2) is 47.5 Å². The van der Waals surface area contributed by atoms with Gasteiger partial charge in [0.1, 0.15) is 5.75 Å². The average Bonchev–Trinajstić information content (AvgIpc) is 2.42. The van der Waals surface area contributed by atoms with Crippen LogP contribution >= 0.6 is 0 Å². The summed E-state index contributed by atoms with van der Waals surface area (Å²) >= 11 is 0. The summed E-state index contributed by atoms with van der Waals surface area (Å²) in [4.78, 5) is 4.23. The molecule has 0 bridgehead atoms. The van der Waals surface area contributed by atoms with Gasteiger partial charge in [-0.15, -0.1) is 0 Å². The van der Waals surface area contributed by atoms with Crippen molar-refractivity contribution >= 4 is 15.7 Å². The van der Waals surface area contributed by atoms with Crippen molar-refractivity contribution in [2.24, 2.45) is 0 Å². The second-order valence-electron chi connectivity index (χ2n) is 4.20. The van der Waals surface area contributed by atoms with E-state index in [1.807, 2.05) is 13.8 Å². The molecule has 0 aliphatic rings. The Morgan fingerprint density at radius 1 is 1.15 bits per heavy atom. The number of nitrogens with zero attached hydrogens (tertiary/aromatic N) is 1. The molecule has 1 heterocycles. The maximum Gasteiger partial charge on any atom is 0.261 e. The van der Waals surface area contributed by atoms with Crippen LogP contribution in [0, 0.1) is 6.92 Å². The molecule has 0 aliphatic heterocycles. The second-order valence-corrected chi connectivity index (χ2v) is 5.88. The third kappa shape index (κ3) is 3.48. The van der Waals surface area contributed by atoms with E-state index in [9.17, 15) is 8.42 Å². The van der Waals surface area contributed by atoms with Crippen molar-refractivity contribution in [3.63, 3.8) is 0 Å². The molecule has 20 heavy (non-hydrogen) atoms. The lowest BCUT2D eigenvalue weighted by Gasteiger charge is -2.09. The van der Waals surface area contributed by atoms with Gasteiger partial charge in [0.2, 0.25) is 0 Å². The van der Waals surface area contributed by atoms with Gasteiger partial charge in [-0.1, -0.05) is 0 Å². The highest BCUT2D eigenvalue weighted by Crippen LogP contribution is 2.19. The zero-order valence-corrected chi connectivity index (χ0v) is 12.1. The molecule has 0 unspecified atom stereocenters. The largest absolute Gasteiger partial charge is 0.494 e. The van der Waals surface area contributed by atoms with Crippen LogP contribution in [0.4, 0.5) is 5.69 Å². The summed E-state index contributed by atoms with van der Waals surface area (Å²) in [7, 11) is -3.60. The van der Waals surface area contributed by atoms with E-state index >= 15 is 0 Å². The molecule has 1 N–H and O–H groups in total. The summed E-state index contributed by atoms with van der Waals surface area (Å²) in [5, 5.41) is 0. The fourth-order valence-electron chi connectivity index (χ4n) is 1.62. The van der Waals surface area contributed by atoms with Crippen molar-refractivity contribution in [1.29, 1.82) is 0 Å². The Morgan fingerprint density at radius 3 is 2.40 bits per heavy atom. The fraction of sp³-hybridized carbons (Fsp3) is 0.214. The van der Waals surface area contributed by atoms with Crippen molar-refractivity contribution in [3.8, 4) is 5.75 Å². The highest BCUT2D eigenvalue weighted by atomic mass is 32.2. The van der Waals surface area contributed by atoms with E-state index in [0.29, 0.717) is 18.0 Å². The molecule has 5 nitrogen and oxygen atoms in total. The molecule has 0 radical (unpaired) electrons. The molecule has 1 aromatic heterocycles. The zero-order chi connectivity index (χ0) is 14.6. The van der Waals surface area contributed by atoms with Crippen LogP contribution < -0.4 is 9.46 Å². The first-order chi connectivity index (χ1) is 9.51. The maximum atomic E-state index is 12.2. The lowest BCUT2D eigenvalue weighted by atomic mass is 10.3. The Labute approximate surface area is 118 Å². The van der Waals surface area contributed by atoms with E-state index in [4.69, 9.17) is 4.74 Å². The summed E-state index contributed by atoms with van der Waals surface area (Å²) in [6.45, 7) is 4.25. The SMILES string of the molecule is CCOc1ccc(S(=O)(=O)Nc2ccc(C)nc2)cc1. The van der Waals surface area contributed by atoms with Crippen molar-refractivity contribution < 1.29 is 13.2 Å². The van der Waals surface area contributed by atoms with Crippen molar-refractivity contribution in [2.75, 3.05) is 11.3 Å². The number of aromatic nitrogens is 1. The number of ether oxygens (including phenoxy) is 1. The Kier molecular flexibility index (Phi) is 4.24. The first-order valence-electron chi connectivity index (χ1n) is 6.19. The van der Waals surface area contributed by atoms with E-state index in [1.54, 1.807) is 24.3 Å². The number of rotatable bonds is 5. The number of hydrogen-bond acceptors (Lipinski definition) is 4. The Bertz CT molecular complexity index is 665. The van der Waals surface area contributed by atoms with E-state index in [2.05, 4.69) is 9.71 Å². The smallest absolute Gasteiger partial charge is 0.261 e. The number of sulfonamides is 1. The summed E-state index contributed by atoms with van der Waals surface area (Å²) < 4.78 is 32.1. The molecule has 2 rings (SSSR count). The minimum Gasteiger partial charge on any atom is -0.494 e. The standard InChI is InChI=1S/C14H16N2O3S/c1-3-19-13-6-8-14(9-7-13)20(17,18)16-12-5-4-11(2)15-10-12/h4-10,16H,3H2,1-2H3. The van der Waals surface area contributed by atoms with Crippen molar-refractivity contribution in [2.45, 2.75) is 18.7 Å². The third-order valence-electron chi connectivity index (χ3n) is 2.61. The first-order valence-corrected chi connectivity index (χ1v) is 7.68. The quantitative estimate of drug-likeness (QED) is 0.919. The molecule has 0 saturated heterocycles. The molecule has 0 spiro atoms. The fourth-order valence-corrected chi connectivity index (χ4v) is 2.67. The predicted octanol–water partition coefficient (Wildman–Crippen LogP) is 2.59. The zero-order valence-electron chi connectivity index (χ0n) is 11.3. The van der Waals surface area contributed by atoms with Gasteiger partial charge in [-0.25, -0.2) is 8.42 Å². The Hall–Kier alpha value is -2.08. The normalized spacial score (nSPS) is 11.1. The average molecular weight is 292 g/mol. The van der Waals surface area contributed by atoms with E-state index in [0.717, 1.165) is 5.69 Å². The maximum absolute atomic E-state index is 12.2. The van der Waals surface area contributed by atoms with Crippen molar-refractivity contribution in [3.05, 3.63) is 48.3 Å². The van der Waals surface area contributed by atoms with Crippen molar-refractivity contribution in [1.82, 2.24) is 4.98 Å². The van der Waals surface area contributed by atoms with Gasteiger partial charge in [0.25, 0.3) is 10.0 Å². The second kappa shape index (κ2) is 5.92. The predicted molar refractivity (Wildman–Crippen MR) is 77.4 cm³/mol. The molecule has 0 fully saturated rings. The molecule has 2 aromatic rings. The van der Waals surface area contributed by atoms with Gasteiger partial charge >= 0.3 is 0 Å². The molecular formula is C14H16N2O3S. The van der Waals surface area contributed by atoms with Crippen LogP contribution in [0.1, 0.15) is 12.6 Å². The lowest BCUT2D eigenvalue weighted by Crippen LogP contribution is -2.13. The molecule has 0 saturated carbocycles. The van der Waals surface area contributed by atoms with Gasteiger partial charge in [-0.3, -0.25) is 9.71 Å². The number of anilines is 1. The summed E-state index contributed by atoms with van der Waals surface area (Å²) in [5.74, 6) is 0.642. The molecule has 0 atom stereocenters. The first kappa shape index (κ1) is 14.3. The summed E-state index contributed by atoms with van der Waals surface area (Å²) in [5.41, 5.74) is 1.26. The summed E-state index contributed by atoms with van der Waals surface area (Å²) in [6.07, 6.45) is 1.49. The topological polar surface area (TPSA) is 68.3 Å².